The van der Waals surface area contributed by atoms with Crippen LogP contribution in [0.1, 0.15) is 0 Å². The van der Waals surface area contributed by atoms with Crippen LogP contribution in [0.5, 0.6) is 0 Å². The first kappa shape index (κ1) is 72.4. The summed E-state index contributed by atoms with van der Waals surface area (Å²) in [6.45, 7) is 0. The van der Waals surface area contributed by atoms with Crippen LogP contribution in [-0.2, 0) is 68.5 Å². The van der Waals surface area contributed by atoms with E-state index >= 15 is 0 Å². The van der Waals surface area contributed by atoms with E-state index in [1.165, 1.54) is 0 Å². The summed E-state index contributed by atoms with van der Waals surface area (Å²) >= 11 is 14.2. The topological polar surface area (TPSA) is 157 Å². The zero-order valence-electron chi connectivity index (χ0n) is 44.7. The summed E-state index contributed by atoms with van der Waals surface area (Å²) in [6.07, 6.45) is 14.3. The van der Waals surface area contributed by atoms with Gasteiger partial charge in [-0.1, -0.05) is 142 Å². The summed E-state index contributed by atoms with van der Waals surface area (Å²) in [5.74, 6) is 0. The molecule has 12 rings (SSSR count). The van der Waals surface area contributed by atoms with Gasteiger partial charge in [0.05, 0.1) is 0 Å². The predicted molar refractivity (Wildman–Crippen MR) is 329 cm³/mol. The normalized spacial score (nSPS) is 9.99. The van der Waals surface area contributed by atoms with Crippen LogP contribution in [0.25, 0.3) is 90.1 Å². The Morgan fingerprint density at radius 2 is 0.448 bits per heavy atom. The Balaban J connectivity index is 0.000000231. The van der Waals surface area contributed by atoms with E-state index in [1.807, 2.05) is 218 Å². The summed E-state index contributed by atoms with van der Waals surface area (Å²) in [5.41, 5.74) is 9.75. The van der Waals surface area contributed by atoms with Gasteiger partial charge in [0.1, 0.15) is 0 Å². The average Bonchev–Trinajstić information content (AvgIpc) is 3.78. The fraction of sp³-hybridized carbons (Fsp3) is 0.0154. The van der Waals surface area contributed by atoms with Crippen molar-refractivity contribution in [2.45, 2.75) is 5.51 Å². The van der Waals surface area contributed by atoms with E-state index in [1.54, 1.807) is 70.1 Å². The number of hydrogen-bond donors (Lipinski definition) is 1. The van der Waals surface area contributed by atoms with Crippen molar-refractivity contribution in [2.75, 3.05) is 0 Å². The van der Waals surface area contributed by atoms with Crippen molar-refractivity contribution < 1.29 is 88.1 Å². The van der Waals surface area contributed by atoms with Gasteiger partial charge in [0, 0.05) is 112 Å². The number of benzene rings is 4. The van der Waals surface area contributed by atoms with Gasteiger partial charge in [0.2, 0.25) is 0 Å². The maximum absolute atomic E-state index is 10.7. The quantitative estimate of drug-likeness (QED) is 0.0386. The van der Waals surface area contributed by atoms with Gasteiger partial charge < -0.3 is 0 Å². The molecule has 0 saturated heterocycles. The molecular formula is C65H45BrF4IN8Ni4O3S-4. The Bertz CT molecular complexity index is 3240. The molecular weight excluding hydrogens is 1490 g/mol. The van der Waals surface area contributed by atoms with Crippen molar-refractivity contribution in [3.8, 4) is 90.1 Å². The second-order valence-electron chi connectivity index (χ2n) is 16.6. The summed E-state index contributed by atoms with van der Waals surface area (Å²) in [6, 6.07) is 84.4. The fourth-order valence-electron chi connectivity index (χ4n) is 7.25. The van der Waals surface area contributed by atoms with E-state index in [0.717, 1.165) is 90.1 Å². The van der Waals surface area contributed by atoms with Crippen LogP contribution in [0, 0.1) is 24.3 Å². The number of halogens is 6. The van der Waals surface area contributed by atoms with Crippen molar-refractivity contribution >= 4 is 44.8 Å². The van der Waals surface area contributed by atoms with E-state index in [9.17, 15) is 13.2 Å². The average molecular weight is 1540 g/mol. The Kier molecular flexibility index (Phi) is 33.6. The first-order valence-corrected chi connectivity index (χ1v) is 32.2. The van der Waals surface area contributed by atoms with Gasteiger partial charge >= 0.3 is 95.8 Å². The van der Waals surface area contributed by atoms with Crippen molar-refractivity contribution in [3.63, 3.8) is 0 Å². The van der Waals surface area contributed by atoms with Crippen LogP contribution in [0.4, 0.5) is 16.8 Å². The molecule has 4 aromatic carbocycles. The SMILES string of the molecule is O=S(=O)(O)C(F)(F)F.[F][Ni].[Ni].[Ni][Br].[Ni][I].[c-]1c(-c2ccccn2)cccc1-c1ccccn1.[c-]1c(-c2ccccn2)cccc1-c1ccccn1.[c-]1c(-c2ccccn2)cccc1-c1ccccn1.[c-]1c(-c2ccccn2)cccc1-c1ccccn1. The van der Waals surface area contributed by atoms with Crippen molar-refractivity contribution in [1.82, 2.24) is 39.9 Å². The second-order valence-corrected chi connectivity index (χ2v) is 18.0. The molecule has 12 aromatic rings. The zero-order chi connectivity index (χ0) is 61.8. The minimum atomic E-state index is -5.84. The fourth-order valence-corrected chi connectivity index (χ4v) is 7.25. The molecule has 22 heteroatoms. The Labute approximate surface area is 555 Å². The Morgan fingerprint density at radius 3 is 0.540 bits per heavy atom. The molecule has 0 aliphatic rings. The van der Waals surface area contributed by atoms with E-state index in [0.29, 0.717) is 0 Å². The van der Waals surface area contributed by atoms with Gasteiger partial charge in [-0.25, -0.2) is 0 Å². The summed E-state index contributed by atoms with van der Waals surface area (Å²) in [5, 5.41) is 0. The second kappa shape index (κ2) is 40.4. The van der Waals surface area contributed by atoms with Gasteiger partial charge in [-0.2, -0.15) is 21.6 Å². The molecule has 0 amide bonds. The van der Waals surface area contributed by atoms with E-state index in [4.69, 9.17) is 16.6 Å². The molecule has 8 heterocycles. The molecule has 0 atom stereocenters. The molecule has 1 N–H and O–H groups in total. The number of alkyl halides is 3. The van der Waals surface area contributed by atoms with E-state index in [2.05, 4.69) is 120 Å². The molecule has 0 fully saturated rings. The molecule has 0 bridgehead atoms. The van der Waals surface area contributed by atoms with Crippen molar-refractivity contribution in [3.05, 3.63) is 292 Å². The first-order chi connectivity index (χ1) is 42.0. The predicted octanol–water partition coefficient (Wildman–Crippen LogP) is 17.0. The molecule has 455 valence electrons. The number of aromatic nitrogens is 8. The van der Waals surface area contributed by atoms with E-state index in [-0.39, 0.29) is 16.5 Å². The third kappa shape index (κ3) is 24.5. The van der Waals surface area contributed by atoms with Gasteiger partial charge in [-0.15, -0.1) is 97.1 Å². The maximum Gasteiger partial charge on any atom is 0.0183 e. The molecule has 87 heavy (non-hydrogen) atoms. The number of pyridine rings is 8. The number of nitrogens with zero attached hydrogens (tertiary/aromatic N) is 8. The standard InChI is InChI=1S/4C16H11N2.CHF3O3S.BrH.FH.HI.4Ni/c4*1-3-10-17-15(8-1)13-6-5-7-14(12-13)16-9-2-4-11-18-16;2-1(3,4)8(5,6)7;;;;;;;/h4*1-11H;(H,5,6,7);3*1H;;;;/q4*-1;;;;;;3*+1/p-3. The molecule has 0 radical (unpaired) electrons. The van der Waals surface area contributed by atoms with Crippen LogP contribution in [-0.4, -0.2) is 58.4 Å². The van der Waals surface area contributed by atoms with Crippen molar-refractivity contribution in [1.29, 1.82) is 0 Å². The number of rotatable bonds is 8. The molecule has 0 spiro atoms. The monoisotopic (exact) mass is 1530 g/mol. The van der Waals surface area contributed by atoms with Crippen LogP contribution in [0.3, 0.4) is 0 Å². The summed E-state index contributed by atoms with van der Waals surface area (Å²) in [4.78, 5) is 34.7. The molecule has 8 aromatic heterocycles. The molecule has 11 nitrogen and oxygen atoms in total. The minimum absolute atomic E-state index is 0. The van der Waals surface area contributed by atoms with Gasteiger partial charge in [0.25, 0.3) is 0 Å². The van der Waals surface area contributed by atoms with Gasteiger partial charge in [-0.05, 0) is 48.5 Å². The first-order valence-electron chi connectivity index (χ1n) is 24.8. The van der Waals surface area contributed by atoms with Crippen molar-refractivity contribution in [2.24, 2.45) is 0 Å². The Morgan fingerprint density at radius 1 is 0.322 bits per heavy atom. The van der Waals surface area contributed by atoms with E-state index < -0.39 is 15.6 Å². The minimum Gasteiger partial charge on any atom is -0.295 e. The van der Waals surface area contributed by atoms with Gasteiger partial charge in [-0.3, -0.25) is 44.4 Å². The zero-order valence-corrected chi connectivity index (χ0v) is 53.2. The van der Waals surface area contributed by atoms with Crippen LogP contribution < -0.4 is 0 Å². The molecule has 0 aliphatic heterocycles. The smallest absolute Gasteiger partial charge is 0.0183 e. The maximum atomic E-state index is 10.7. The molecule has 0 unspecified atom stereocenters. The third-order valence-electron chi connectivity index (χ3n) is 11.0. The summed E-state index contributed by atoms with van der Waals surface area (Å²) in [7, 11) is -5.84. The Hall–Kier alpha value is -7.11. The van der Waals surface area contributed by atoms with Crippen LogP contribution >= 0.6 is 34.7 Å². The summed E-state index contributed by atoms with van der Waals surface area (Å²) < 4.78 is 66.7. The molecule has 0 saturated carbocycles. The molecule has 0 aliphatic carbocycles. The van der Waals surface area contributed by atoms with Gasteiger partial charge in [0.15, 0.2) is 0 Å². The third-order valence-corrected chi connectivity index (χ3v) is 11.6. The largest absolute Gasteiger partial charge is 0.295 e. The van der Waals surface area contributed by atoms with Crippen LogP contribution in [0.2, 0.25) is 0 Å². The van der Waals surface area contributed by atoms with Crippen LogP contribution in [0.15, 0.2) is 268 Å². The number of hydrogen-bond acceptors (Lipinski definition) is 10.